The van der Waals surface area contributed by atoms with Crippen LogP contribution in [0, 0.1) is 29.6 Å². The first kappa shape index (κ1) is 14.4. The predicted octanol–water partition coefficient (Wildman–Crippen LogP) is 0.801. The average Bonchev–Trinajstić information content (AvgIpc) is 2.91. The van der Waals surface area contributed by atoms with E-state index in [4.69, 9.17) is 5.11 Å². The molecular formula is C15H21NO5. The summed E-state index contributed by atoms with van der Waals surface area (Å²) in [5, 5.41) is 11.8. The van der Waals surface area contributed by atoms with Crippen LogP contribution in [0.1, 0.15) is 32.1 Å². The second-order valence-corrected chi connectivity index (χ2v) is 6.53. The first-order valence-corrected chi connectivity index (χ1v) is 7.63. The van der Waals surface area contributed by atoms with Crippen LogP contribution in [-0.2, 0) is 19.1 Å². The van der Waals surface area contributed by atoms with Crippen molar-refractivity contribution in [1.82, 2.24) is 5.32 Å². The fraction of sp³-hybridized carbons (Fsp3) is 0.800. The first-order valence-electron chi connectivity index (χ1n) is 7.63. The molecule has 0 aromatic heterocycles. The molecule has 3 aliphatic carbocycles. The maximum atomic E-state index is 12.3. The number of nitrogens with one attached hydrogen (secondary N) is 1. The number of amides is 1. The Labute approximate surface area is 123 Å². The van der Waals surface area contributed by atoms with Crippen LogP contribution in [-0.4, -0.2) is 36.1 Å². The summed E-state index contributed by atoms with van der Waals surface area (Å²) < 4.78 is 4.50. The van der Waals surface area contributed by atoms with Gasteiger partial charge in [-0.1, -0.05) is 0 Å². The van der Waals surface area contributed by atoms with Crippen molar-refractivity contribution >= 4 is 17.8 Å². The van der Waals surface area contributed by atoms with Crippen molar-refractivity contribution in [3.05, 3.63) is 0 Å². The Balaban J connectivity index is 1.53. The lowest BCUT2D eigenvalue weighted by Crippen LogP contribution is -2.42. The topological polar surface area (TPSA) is 92.7 Å². The number of methoxy groups -OCH3 is 1. The number of fused-ring (bicyclic) bond motifs is 5. The third-order valence-electron chi connectivity index (χ3n) is 5.52. The molecule has 3 rings (SSSR count). The first-order chi connectivity index (χ1) is 10.0. The van der Waals surface area contributed by atoms with Crippen molar-refractivity contribution in [3.63, 3.8) is 0 Å². The van der Waals surface area contributed by atoms with Gasteiger partial charge in [-0.25, -0.2) is 4.79 Å². The number of esters is 1. The summed E-state index contributed by atoms with van der Waals surface area (Å²) in [7, 11) is 1.26. The van der Waals surface area contributed by atoms with Gasteiger partial charge in [-0.05, 0) is 49.4 Å². The number of hydrogen-bond acceptors (Lipinski definition) is 4. The van der Waals surface area contributed by atoms with Crippen molar-refractivity contribution in [2.45, 2.75) is 38.1 Å². The number of rotatable bonds is 6. The fourth-order valence-electron chi connectivity index (χ4n) is 4.57. The molecule has 0 radical (unpaired) electrons. The Kier molecular flexibility index (Phi) is 3.63. The number of hydrogen-bond donors (Lipinski definition) is 2. The molecule has 21 heavy (non-hydrogen) atoms. The highest BCUT2D eigenvalue weighted by atomic mass is 16.5. The Hall–Kier alpha value is -1.59. The van der Waals surface area contributed by atoms with Crippen LogP contribution in [0.5, 0.6) is 0 Å². The monoisotopic (exact) mass is 295 g/mol. The van der Waals surface area contributed by atoms with Gasteiger partial charge < -0.3 is 15.2 Å². The summed E-state index contributed by atoms with van der Waals surface area (Å²) in [4.78, 5) is 34.6. The van der Waals surface area contributed by atoms with Crippen LogP contribution in [0.25, 0.3) is 0 Å². The van der Waals surface area contributed by atoms with Crippen LogP contribution < -0.4 is 5.32 Å². The SMILES string of the molecule is COC(=O)CC[C@@H](NC(=O)C1C2C3CCC(C3)C12)C(=O)O. The molecule has 3 aliphatic rings. The van der Waals surface area contributed by atoms with Gasteiger partial charge in [0.25, 0.3) is 0 Å². The number of carboxylic acid groups (broad SMARTS) is 1. The molecule has 116 valence electrons. The number of carbonyl (C=O) groups is 3. The smallest absolute Gasteiger partial charge is 0.326 e. The second-order valence-electron chi connectivity index (χ2n) is 6.53. The molecule has 0 spiro atoms. The molecule has 6 nitrogen and oxygen atoms in total. The molecule has 1 amide bonds. The summed E-state index contributed by atoms with van der Waals surface area (Å²) in [6.45, 7) is 0. The lowest BCUT2D eigenvalue weighted by Gasteiger charge is -2.15. The molecular weight excluding hydrogens is 274 g/mol. The third kappa shape index (κ3) is 2.51. The van der Waals surface area contributed by atoms with Gasteiger partial charge in [0.05, 0.1) is 7.11 Å². The van der Waals surface area contributed by atoms with Gasteiger partial charge in [0.1, 0.15) is 6.04 Å². The van der Waals surface area contributed by atoms with E-state index in [1.807, 2.05) is 0 Å². The highest BCUT2D eigenvalue weighted by Crippen LogP contribution is 2.69. The third-order valence-corrected chi connectivity index (χ3v) is 5.52. The van der Waals surface area contributed by atoms with E-state index < -0.39 is 18.0 Å². The van der Waals surface area contributed by atoms with Crippen LogP contribution in [0.15, 0.2) is 0 Å². The van der Waals surface area contributed by atoms with Crippen LogP contribution in [0.3, 0.4) is 0 Å². The Morgan fingerprint density at radius 1 is 1.24 bits per heavy atom. The van der Waals surface area contributed by atoms with Gasteiger partial charge >= 0.3 is 11.9 Å². The summed E-state index contributed by atoms with van der Waals surface area (Å²) in [5.74, 6) is 0.633. The van der Waals surface area contributed by atoms with E-state index in [2.05, 4.69) is 10.1 Å². The second kappa shape index (κ2) is 5.31. The van der Waals surface area contributed by atoms with E-state index in [1.165, 1.54) is 26.4 Å². The van der Waals surface area contributed by atoms with E-state index in [9.17, 15) is 14.4 Å². The van der Waals surface area contributed by atoms with E-state index in [0.717, 1.165) is 0 Å². The standard InChI is InChI=1S/C15H21NO5/c1-21-10(17)5-4-9(15(19)20)16-14(18)13-11-7-2-3-8(6-7)12(11)13/h7-9,11-13H,2-6H2,1H3,(H,16,18)(H,19,20)/t7?,8?,9-,11?,12?,13?/m1/s1. The number of ether oxygens (including phenoxy) is 1. The lowest BCUT2D eigenvalue weighted by molar-refractivity contribution is -0.144. The zero-order valence-electron chi connectivity index (χ0n) is 12.1. The average molecular weight is 295 g/mol. The number of carboxylic acids is 1. The minimum Gasteiger partial charge on any atom is -0.480 e. The Morgan fingerprint density at radius 2 is 1.86 bits per heavy atom. The molecule has 0 aromatic carbocycles. The zero-order valence-corrected chi connectivity index (χ0v) is 12.1. The zero-order chi connectivity index (χ0) is 15.1. The summed E-state index contributed by atoms with van der Waals surface area (Å²) >= 11 is 0. The minimum absolute atomic E-state index is 0.00345. The molecule has 3 fully saturated rings. The van der Waals surface area contributed by atoms with Gasteiger partial charge in [0, 0.05) is 12.3 Å². The van der Waals surface area contributed by atoms with Crippen LogP contribution >= 0.6 is 0 Å². The quantitative estimate of drug-likeness (QED) is 0.707. The number of carbonyl (C=O) groups excluding carboxylic acids is 2. The summed E-state index contributed by atoms with van der Waals surface area (Å²) in [6, 6.07) is -1.00. The van der Waals surface area contributed by atoms with Crippen molar-refractivity contribution in [1.29, 1.82) is 0 Å². The van der Waals surface area contributed by atoms with Crippen molar-refractivity contribution in [2.75, 3.05) is 7.11 Å². The highest BCUT2D eigenvalue weighted by Gasteiger charge is 2.67. The normalized spacial score (nSPS) is 36.7. The minimum atomic E-state index is -1.10. The molecule has 4 unspecified atom stereocenters. The molecule has 0 heterocycles. The molecule has 0 aliphatic heterocycles. The lowest BCUT2D eigenvalue weighted by atomic mass is 10.0. The van der Waals surface area contributed by atoms with E-state index in [0.29, 0.717) is 23.7 Å². The van der Waals surface area contributed by atoms with E-state index in [-0.39, 0.29) is 24.7 Å². The fourth-order valence-corrected chi connectivity index (χ4v) is 4.57. The van der Waals surface area contributed by atoms with Crippen molar-refractivity contribution in [2.24, 2.45) is 29.6 Å². The highest BCUT2D eigenvalue weighted by molar-refractivity contribution is 5.87. The molecule has 2 N–H and O–H groups in total. The molecule has 0 aromatic rings. The van der Waals surface area contributed by atoms with E-state index in [1.54, 1.807) is 0 Å². The molecule has 6 heteroatoms. The van der Waals surface area contributed by atoms with Crippen LogP contribution in [0.2, 0.25) is 0 Å². The van der Waals surface area contributed by atoms with Crippen LogP contribution in [0.4, 0.5) is 0 Å². The predicted molar refractivity (Wildman–Crippen MR) is 72.1 cm³/mol. The maximum Gasteiger partial charge on any atom is 0.326 e. The Morgan fingerprint density at radius 3 is 2.38 bits per heavy atom. The Bertz CT molecular complexity index is 461. The molecule has 5 atom stereocenters. The van der Waals surface area contributed by atoms with Crippen molar-refractivity contribution < 1.29 is 24.2 Å². The number of aliphatic carboxylic acids is 1. The largest absolute Gasteiger partial charge is 0.480 e. The van der Waals surface area contributed by atoms with Gasteiger partial charge in [-0.15, -0.1) is 0 Å². The van der Waals surface area contributed by atoms with E-state index >= 15 is 0 Å². The van der Waals surface area contributed by atoms with Gasteiger partial charge in [-0.2, -0.15) is 0 Å². The molecule has 0 saturated heterocycles. The molecule has 3 saturated carbocycles. The summed E-state index contributed by atoms with van der Waals surface area (Å²) in [6.07, 6.45) is 3.77. The maximum absolute atomic E-state index is 12.3. The molecule has 2 bridgehead atoms. The van der Waals surface area contributed by atoms with Crippen molar-refractivity contribution in [3.8, 4) is 0 Å². The van der Waals surface area contributed by atoms with Gasteiger partial charge in [0.15, 0.2) is 0 Å². The summed E-state index contributed by atoms with van der Waals surface area (Å²) in [5.41, 5.74) is 0. The van der Waals surface area contributed by atoms with Gasteiger partial charge in [-0.3, -0.25) is 9.59 Å². The van der Waals surface area contributed by atoms with Gasteiger partial charge in [0.2, 0.25) is 5.91 Å².